The smallest absolute Gasteiger partial charge is 0.240 e. The molecule has 0 bridgehead atoms. The van der Waals surface area contributed by atoms with Crippen molar-refractivity contribution < 1.29 is 17.9 Å². The predicted octanol–water partition coefficient (Wildman–Crippen LogP) is 1.54. The standard InChI is InChI=1S/C15H24N2O4S/c1-5-9-17(13(3)18)10-8-16-22(19,20)14-6-7-15(21-4)12(2)11-14/h6-7,11,16H,5,8-10H2,1-4H3. The topological polar surface area (TPSA) is 75.7 Å². The highest BCUT2D eigenvalue weighted by molar-refractivity contribution is 7.89. The molecule has 0 heterocycles. The first-order valence-electron chi connectivity index (χ1n) is 7.21. The second kappa shape index (κ2) is 8.14. The third-order valence-electron chi connectivity index (χ3n) is 3.29. The average Bonchev–Trinajstić information content (AvgIpc) is 2.46. The molecule has 1 N–H and O–H groups in total. The largest absolute Gasteiger partial charge is 0.496 e. The van der Waals surface area contributed by atoms with Crippen molar-refractivity contribution in [3.8, 4) is 5.75 Å². The van der Waals surface area contributed by atoms with Crippen LogP contribution in [0.25, 0.3) is 0 Å². The van der Waals surface area contributed by atoms with Gasteiger partial charge in [0.15, 0.2) is 0 Å². The zero-order valence-electron chi connectivity index (χ0n) is 13.5. The molecule has 6 nitrogen and oxygen atoms in total. The van der Waals surface area contributed by atoms with Gasteiger partial charge in [0, 0.05) is 26.6 Å². The Morgan fingerprint density at radius 1 is 1.32 bits per heavy atom. The Morgan fingerprint density at radius 2 is 2.00 bits per heavy atom. The van der Waals surface area contributed by atoms with E-state index in [0.717, 1.165) is 12.0 Å². The number of methoxy groups -OCH3 is 1. The van der Waals surface area contributed by atoms with Crippen molar-refractivity contribution in [2.24, 2.45) is 0 Å². The fourth-order valence-corrected chi connectivity index (χ4v) is 3.22. The number of amides is 1. The maximum absolute atomic E-state index is 12.2. The normalized spacial score (nSPS) is 11.3. The predicted molar refractivity (Wildman–Crippen MR) is 85.5 cm³/mol. The van der Waals surface area contributed by atoms with E-state index in [0.29, 0.717) is 18.8 Å². The fourth-order valence-electron chi connectivity index (χ4n) is 2.11. The van der Waals surface area contributed by atoms with Crippen LogP contribution in [0.3, 0.4) is 0 Å². The fraction of sp³-hybridized carbons (Fsp3) is 0.533. The molecular formula is C15H24N2O4S. The Hall–Kier alpha value is -1.60. The van der Waals surface area contributed by atoms with Gasteiger partial charge in [-0.1, -0.05) is 6.92 Å². The van der Waals surface area contributed by atoms with E-state index in [1.807, 2.05) is 6.92 Å². The van der Waals surface area contributed by atoms with E-state index in [-0.39, 0.29) is 17.3 Å². The molecule has 0 atom stereocenters. The van der Waals surface area contributed by atoms with Gasteiger partial charge >= 0.3 is 0 Å². The summed E-state index contributed by atoms with van der Waals surface area (Å²) in [6.07, 6.45) is 0.837. The van der Waals surface area contributed by atoms with Crippen LogP contribution < -0.4 is 9.46 Å². The van der Waals surface area contributed by atoms with Crippen LogP contribution in [-0.2, 0) is 14.8 Å². The number of carbonyl (C=O) groups is 1. The lowest BCUT2D eigenvalue weighted by Gasteiger charge is -2.20. The first-order valence-corrected chi connectivity index (χ1v) is 8.70. The van der Waals surface area contributed by atoms with Crippen molar-refractivity contribution in [2.75, 3.05) is 26.7 Å². The van der Waals surface area contributed by atoms with E-state index < -0.39 is 10.0 Å². The quantitative estimate of drug-likeness (QED) is 0.785. The molecule has 0 radical (unpaired) electrons. The highest BCUT2D eigenvalue weighted by Crippen LogP contribution is 2.21. The lowest BCUT2D eigenvalue weighted by atomic mass is 10.2. The monoisotopic (exact) mass is 328 g/mol. The van der Waals surface area contributed by atoms with E-state index in [9.17, 15) is 13.2 Å². The molecule has 1 amide bonds. The van der Waals surface area contributed by atoms with Crippen LogP contribution in [0.5, 0.6) is 5.75 Å². The van der Waals surface area contributed by atoms with Gasteiger partial charge in [-0.3, -0.25) is 4.79 Å². The number of sulfonamides is 1. The summed E-state index contributed by atoms with van der Waals surface area (Å²) in [6.45, 7) is 6.41. The van der Waals surface area contributed by atoms with Gasteiger partial charge in [-0.05, 0) is 37.1 Å². The average molecular weight is 328 g/mol. The molecule has 22 heavy (non-hydrogen) atoms. The number of nitrogens with zero attached hydrogens (tertiary/aromatic N) is 1. The summed E-state index contributed by atoms with van der Waals surface area (Å²) < 4.78 is 32.1. The van der Waals surface area contributed by atoms with Crippen molar-refractivity contribution in [1.82, 2.24) is 9.62 Å². The first-order chi connectivity index (χ1) is 10.3. The molecule has 7 heteroatoms. The minimum absolute atomic E-state index is 0.0543. The molecule has 0 saturated heterocycles. The van der Waals surface area contributed by atoms with Crippen molar-refractivity contribution in [1.29, 1.82) is 0 Å². The molecule has 1 aromatic carbocycles. The summed E-state index contributed by atoms with van der Waals surface area (Å²) in [5.41, 5.74) is 0.752. The van der Waals surface area contributed by atoms with E-state index in [1.165, 1.54) is 13.0 Å². The van der Waals surface area contributed by atoms with E-state index >= 15 is 0 Å². The van der Waals surface area contributed by atoms with Crippen LogP contribution >= 0.6 is 0 Å². The minimum Gasteiger partial charge on any atom is -0.496 e. The SMILES string of the molecule is CCCN(CCNS(=O)(=O)c1ccc(OC)c(C)c1)C(C)=O. The highest BCUT2D eigenvalue weighted by Gasteiger charge is 2.16. The van der Waals surface area contributed by atoms with Crippen molar-refractivity contribution in [3.05, 3.63) is 23.8 Å². The highest BCUT2D eigenvalue weighted by atomic mass is 32.2. The Morgan fingerprint density at radius 3 is 2.50 bits per heavy atom. The molecule has 0 fully saturated rings. The lowest BCUT2D eigenvalue weighted by molar-refractivity contribution is -0.128. The van der Waals surface area contributed by atoms with Crippen LogP contribution in [0, 0.1) is 6.92 Å². The number of ether oxygens (including phenoxy) is 1. The molecule has 0 aliphatic heterocycles. The second-order valence-electron chi connectivity index (χ2n) is 5.04. The molecule has 0 unspecified atom stereocenters. The summed E-state index contributed by atoms with van der Waals surface area (Å²) in [5, 5.41) is 0. The van der Waals surface area contributed by atoms with Gasteiger partial charge in [-0.15, -0.1) is 0 Å². The van der Waals surface area contributed by atoms with Crippen LogP contribution in [0.1, 0.15) is 25.8 Å². The van der Waals surface area contributed by atoms with Crippen molar-refractivity contribution >= 4 is 15.9 Å². The minimum atomic E-state index is -3.59. The summed E-state index contributed by atoms with van der Waals surface area (Å²) in [6, 6.07) is 4.70. The molecular weight excluding hydrogens is 304 g/mol. The van der Waals surface area contributed by atoms with Crippen LogP contribution in [0.2, 0.25) is 0 Å². The number of rotatable bonds is 8. The molecule has 1 aromatic rings. The maximum Gasteiger partial charge on any atom is 0.240 e. The van der Waals surface area contributed by atoms with Gasteiger partial charge < -0.3 is 9.64 Å². The number of hydrogen-bond donors (Lipinski definition) is 1. The number of benzene rings is 1. The zero-order chi connectivity index (χ0) is 16.8. The third-order valence-corrected chi connectivity index (χ3v) is 4.75. The second-order valence-corrected chi connectivity index (χ2v) is 6.80. The van der Waals surface area contributed by atoms with E-state index in [4.69, 9.17) is 4.74 Å². The molecule has 0 aliphatic carbocycles. The van der Waals surface area contributed by atoms with Gasteiger partial charge in [-0.2, -0.15) is 0 Å². The Kier molecular flexibility index (Phi) is 6.83. The Labute approximate surface area is 132 Å². The third kappa shape index (κ3) is 4.99. The van der Waals surface area contributed by atoms with Gasteiger partial charge in [0.25, 0.3) is 0 Å². The van der Waals surface area contributed by atoms with Gasteiger partial charge in [0.05, 0.1) is 12.0 Å². The molecule has 0 spiro atoms. The molecule has 124 valence electrons. The van der Waals surface area contributed by atoms with Gasteiger partial charge in [0.2, 0.25) is 15.9 Å². The van der Waals surface area contributed by atoms with Crippen LogP contribution in [0.4, 0.5) is 0 Å². The van der Waals surface area contributed by atoms with E-state index in [2.05, 4.69) is 4.72 Å². The zero-order valence-corrected chi connectivity index (χ0v) is 14.4. The summed E-state index contributed by atoms with van der Waals surface area (Å²) in [5.74, 6) is 0.589. The molecule has 0 aromatic heterocycles. The number of aryl methyl sites for hydroxylation is 1. The Bertz CT molecular complexity index is 614. The van der Waals surface area contributed by atoms with Gasteiger partial charge in [-0.25, -0.2) is 13.1 Å². The summed E-state index contributed by atoms with van der Waals surface area (Å²) >= 11 is 0. The maximum atomic E-state index is 12.2. The van der Waals surface area contributed by atoms with Crippen molar-refractivity contribution in [2.45, 2.75) is 32.1 Å². The summed E-state index contributed by atoms with van der Waals surface area (Å²) in [7, 11) is -2.05. The number of carbonyl (C=O) groups excluding carboxylic acids is 1. The molecule has 0 aliphatic rings. The summed E-state index contributed by atoms with van der Waals surface area (Å²) in [4.78, 5) is 13.2. The molecule has 0 saturated carbocycles. The van der Waals surface area contributed by atoms with Crippen LogP contribution in [0.15, 0.2) is 23.1 Å². The Balaban J connectivity index is 2.71. The first kappa shape index (κ1) is 18.4. The van der Waals surface area contributed by atoms with Gasteiger partial charge in [0.1, 0.15) is 5.75 Å². The lowest BCUT2D eigenvalue weighted by Crippen LogP contribution is -2.37. The number of nitrogens with one attached hydrogen (secondary N) is 1. The van der Waals surface area contributed by atoms with Crippen LogP contribution in [-0.4, -0.2) is 46.0 Å². The molecule has 1 rings (SSSR count). The van der Waals surface area contributed by atoms with E-state index in [1.54, 1.807) is 31.1 Å². The van der Waals surface area contributed by atoms with Crippen molar-refractivity contribution in [3.63, 3.8) is 0 Å². The number of hydrogen-bond acceptors (Lipinski definition) is 4.